The average molecular weight is 218 g/mol. The zero-order valence-corrected chi connectivity index (χ0v) is 8.70. The van der Waals surface area contributed by atoms with Crippen molar-refractivity contribution in [1.82, 2.24) is 0 Å². The summed E-state index contributed by atoms with van der Waals surface area (Å²) in [5.41, 5.74) is 9.61. The molecule has 0 saturated heterocycles. The molecule has 0 atom stereocenters. The standard InChI is InChI=1S/C10H10N4O2/c1-8-7-9(3-2-6-12-13-11)4-5-10(8)14(15)16/h2-5,7H,6H2,1H3. The van der Waals surface area contributed by atoms with Gasteiger partial charge in [0.05, 0.1) is 4.92 Å². The molecule has 0 bridgehead atoms. The largest absolute Gasteiger partial charge is 0.272 e. The molecule has 1 aromatic rings. The molecule has 0 amide bonds. The van der Waals surface area contributed by atoms with Gasteiger partial charge in [0.1, 0.15) is 0 Å². The van der Waals surface area contributed by atoms with Crippen molar-refractivity contribution >= 4 is 11.8 Å². The Labute approximate surface area is 92.0 Å². The number of nitro groups is 1. The molecule has 6 nitrogen and oxygen atoms in total. The van der Waals surface area contributed by atoms with Crippen LogP contribution in [0.2, 0.25) is 0 Å². The maximum Gasteiger partial charge on any atom is 0.272 e. The fourth-order valence-electron chi connectivity index (χ4n) is 1.26. The lowest BCUT2D eigenvalue weighted by Crippen LogP contribution is -1.91. The number of hydrogen-bond donors (Lipinski definition) is 0. The van der Waals surface area contributed by atoms with Crippen LogP contribution in [0.5, 0.6) is 0 Å². The first-order valence-electron chi connectivity index (χ1n) is 4.57. The summed E-state index contributed by atoms with van der Waals surface area (Å²) in [6, 6.07) is 4.82. The number of aryl methyl sites for hydroxylation is 1. The molecular formula is C10H10N4O2. The van der Waals surface area contributed by atoms with E-state index in [1.165, 1.54) is 6.07 Å². The molecule has 0 heterocycles. The van der Waals surface area contributed by atoms with Gasteiger partial charge >= 0.3 is 0 Å². The van der Waals surface area contributed by atoms with Gasteiger partial charge in [-0.25, -0.2) is 0 Å². The summed E-state index contributed by atoms with van der Waals surface area (Å²) in [5.74, 6) is 0. The Kier molecular flexibility index (Phi) is 4.06. The smallest absolute Gasteiger partial charge is 0.258 e. The molecule has 0 spiro atoms. The first-order chi connectivity index (χ1) is 7.65. The SMILES string of the molecule is Cc1cc(C=CCN=[N+]=[N-])ccc1[N+](=O)[O-]. The van der Waals surface area contributed by atoms with E-state index in [4.69, 9.17) is 5.53 Å². The highest BCUT2D eigenvalue weighted by atomic mass is 16.6. The van der Waals surface area contributed by atoms with Crippen LogP contribution in [-0.4, -0.2) is 11.5 Å². The molecule has 16 heavy (non-hydrogen) atoms. The molecule has 82 valence electrons. The molecule has 0 N–H and O–H groups in total. The van der Waals surface area contributed by atoms with E-state index in [9.17, 15) is 10.1 Å². The van der Waals surface area contributed by atoms with Crippen LogP contribution in [0, 0.1) is 17.0 Å². The third-order valence-electron chi connectivity index (χ3n) is 1.98. The van der Waals surface area contributed by atoms with Crippen LogP contribution >= 0.6 is 0 Å². The Balaban J connectivity index is 2.85. The lowest BCUT2D eigenvalue weighted by molar-refractivity contribution is -0.385. The summed E-state index contributed by atoms with van der Waals surface area (Å²) < 4.78 is 0. The Bertz CT molecular complexity index is 476. The minimum absolute atomic E-state index is 0.104. The number of hydrogen-bond acceptors (Lipinski definition) is 3. The lowest BCUT2D eigenvalue weighted by Gasteiger charge is -1.98. The van der Waals surface area contributed by atoms with Gasteiger partial charge in [-0.15, -0.1) is 0 Å². The molecule has 0 saturated carbocycles. The van der Waals surface area contributed by atoms with Gasteiger partial charge in [-0.05, 0) is 30.2 Å². The first-order valence-corrected chi connectivity index (χ1v) is 4.57. The summed E-state index contributed by atoms with van der Waals surface area (Å²) in [4.78, 5) is 12.8. The molecule has 0 fully saturated rings. The second kappa shape index (κ2) is 5.53. The van der Waals surface area contributed by atoms with Crippen LogP contribution in [0.15, 0.2) is 29.4 Å². The lowest BCUT2D eigenvalue weighted by atomic mass is 10.1. The van der Waals surface area contributed by atoms with Gasteiger partial charge in [-0.2, -0.15) is 0 Å². The highest BCUT2D eigenvalue weighted by Crippen LogP contribution is 2.19. The van der Waals surface area contributed by atoms with Crippen LogP contribution in [0.1, 0.15) is 11.1 Å². The number of nitrogens with zero attached hydrogens (tertiary/aromatic N) is 4. The van der Waals surface area contributed by atoms with Crippen LogP contribution in [0.3, 0.4) is 0 Å². The quantitative estimate of drug-likeness (QED) is 0.255. The Hall–Kier alpha value is -2.33. The van der Waals surface area contributed by atoms with Gasteiger partial charge in [0.15, 0.2) is 0 Å². The maximum atomic E-state index is 10.6. The highest BCUT2D eigenvalue weighted by Gasteiger charge is 2.08. The van der Waals surface area contributed by atoms with E-state index >= 15 is 0 Å². The second-order valence-corrected chi connectivity index (χ2v) is 3.12. The Morgan fingerprint density at radius 2 is 2.38 bits per heavy atom. The van der Waals surface area contributed by atoms with Crippen molar-refractivity contribution in [2.45, 2.75) is 6.92 Å². The van der Waals surface area contributed by atoms with Gasteiger partial charge in [-0.1, -0.05) is 17.3 Å². The van der Waals surface area contributed by atoms with Crippen LogP contribution < -0.4 is 0 Å². The van der Waals surface area contributed by atoms with E-state index in [1.54, 1.807) is 31.2 Å². The van der Waals surface area contributed by atoms with Crippen molar-refractivity contribution < 1.29 is 4.92 Å². The minimum Gasteiger partial charge on any atom is -0.258 e. The normalized spacial score (nSPS) is 10.1. The van der Waals surface area contributed by atoms with Crippen molar-refractivity contribution in [2.24, 2.45) is 5.11 Å². The third kappa shape index (κ3) is 3.11. The van der Waals surface area contributed by atoms with Gasteiger partial charge in [-0.3, -0.25) is 10.1 Å². The fourth-order valence-corrected chi connectivity index (χ4v) is 1.26. The van der Waals surface area contributed by atoms with Gasteiger partial charge < -0.3 is 0 Å². The van der Waals surface area contributed by atoms with Gasteiger partial charge in [0, 0.05) is 23.1 Å². The topological polar surface area (TPSA) is 91.9 Å². The van der Waals surface area contributed by atoms with Crippen molar-refractivity contribution in [3.05, 3.63) is 56.0 Å². The number of rotatable bonds is 4. The zero-order chi connectivity index (χ0) is 12.0. The number of azide groups is 1. The zero-order valence-electron chi connectivity index (χ0n) is 8.70. The molecule has 6 heteroatoms. The average Bonchev–Trinajstić information content (AvgIpc) is 2.24. The molecule has 0 aliphatic rings. The number of nitro benzene ring substituents is 1. The number of benzene rings is 1. The summed E-state index contributed by atoms with van der Waals surface area (Å²) in [6.45, 7) is 1.95. The van der Waals surface area contributed by atoms with E-state index in [-0.39, 0.29) is 12.2 Å². The van der Waals surface area contributed by atoms with Crippen LogP contribution in [0.4, 0.5) is 5.69 Å². The van der Waals surface area contributed by atoms with Crippen molar-refractivity contribution in [3.8, 4) is 0 Å². The first kappa shape index (κ1) is 11.7. The monoisotopic (exact) mass is 218 g/mol. The van der Waals surface area contributed by atoms with Crippen LogP contribution in [-0.2, 0) is 0 Å². The molecule has 1 aromatic carbocycles. The molecule has 0 aromatic heterocycles. The molecule has 0 aliphatic carbocycles. The summed E-state index contributed by atoms with van der Waals surface area (Å²) in [5, 5.41) is 13.9. The minimum atomic E-state index is -0.414. The van der Waals surface area contributed by atoms with E-state index < -0.39 is 4.92 Å². The molecular weight excluding hydrogens is 208 g/mol. The Morgan fingerprint density at radius 3 is 2.94 bits per heavy atom. The van der Waals surface area contributed by atoms with E-state index in [0.29, 0.717) is 5.56 Å². The van der Waals surface area contributed by atoms with Crippen molar-refractivity contribution in [2.75, 3.05) is 6.54 Å². The Morgan fingerprint density at radius 1 is 1.62 bits per heavy atom. The van der Waals surface area contributed by atoms with Crippen molar-refractivity contribution in [3.63, 3.8) is 0 Å². The third-order valence-corrected chi connectivity index (χ3v) is 1.98. The summed E-state index contributed by atoms with van der Waals surface area (Å²) in [6.07, 6.45) is 3.45. The predicted octanol–water partition coefficient (Wildman–Crippen LogP) is 3.23. The predicted molar refractivity (Wildman–Crippen MR) is 60.9 cm³/mol. The van der Waals surface area contributed by atoms with E-state index in [1.807, 2.05) is 0 Å². The molecule has 1 rings (SSSR count). The summed E-state index contributed by atoms with van der Waals surface area (Å²) in [7, 11) is 0. The van der Waals surface area contributed by atoms with Gasteiger partial charge in [0.25, 0.3) is 5.69 Å². The van der Waals surface area contributed by atoms with E-state index in [2.05, 4.69) is 10.0 Å². The molecule has 0 radical (unpaired) electrons. The second-order valence-electron chi connectivity index (χ2n) is 3.12. The highest BCUT2D eigenvalue weighted by molar-refractivity contribution is 5.55. The fraction of sp³-hybridized carbons (Fsp3) is 0.200. The van der Waals surface area contributed by atoms with E-state index in [0.717, 1.165) is 5.56 Å². The van der Waals surface area contributed by atoms with Crippen molar-refractivity contribution in [1.29, 1.82) is 0 Å². The van der Waals surface area contributed by atoms with Gasteiger partial charge in [0.2, 0.25) is 0 Å². The molecule has 0 unspecified atom stereocenters. The maximum absolute atomic E-state index is 10.6. The molecule has 0 aliphatic heterocycles. The van der Waals surface area contributed by atoms with Crippen LogP contribution in [0.25, 0.3) is 16.5 Å². The summed E-state index contributed by atoms with van der Waals surface area (Å²) >= 11 is 0.